The van der Waals surface area contributed by atoms with Crippen LogP contribution in [-0.4, -0.2) is 46.2 Å². The molecule has 2 aliphatic heterocycles. The van der Waals surface area contributed by atoms with Crippen LogP contribution in [0, 0.1) is 11.8 Å². The Morgan fingerprint density at radius 3 is 2.67 bits per heavy atom. The lowest BCUT2D eigenvalue weighted by atomic mass is 9.97. The molecule has 1 saturated heterocycles. The molecule has 0 aliphatic carbocycles. The second kappa shape index (κ2) is 7.85. The highest BCUT2D eigenvalue weighted by Crippen LogP contribution is 2.34. The molecular formula is C20H28N2OS. The van der Waals surface area contributed by atoms with Crippen molar-refractivity contribution in [3.8, 4) is 0 Å². The van der Waals surface area contributed by atoms with Crippen molar-refractivity contribution in [1.82, 2.24) is 4.90 Å². The van der Waals surface area contributed by atoms with Crippen LogP contribution in [0.25, 0.3) is 6.08 Å². The third kappa shape index (κ3) is 4.71. The number of aliphatic imine (C=N–C) groups is 1. The van der Waals surface area contributed by atoms with Gasteiger partial charge in [0.05, 0.1) is 10.8 Å². The van der Waals surface area contributed by atoms with Crippen LogP contribution < -0.4 is 0 Å². The fraction of sp³-hybridized carbons (Fsp3) is 0.550. The van der Waals surface area contributed by atoms with E-state index in [9.17, 15) is 5.11 Å². The summed E-state index contributed by atoms with van der Waals surface area (Å²) >= 11 is 1.74. The second-order valence-corrected chi connectivity index (χ2v) is 8.33. The maximum absolute atomic E-state index is 10.7. The van der Waals surface area contributed by atoms with E-state index in [1.807, 2.05) is 42.5 Å². The lowest BCUT2D eigenvalue weighted by Gasteiger charge is -2.32. The van der Waals surface area contributed by atoms with Crippen molar-refractivity contribution >= 4 is 22.9 Å². The number of thioether (sulfide) groups is 1. The molecule has 24 heavy (non-hydrogen) atoms. The number of aliphatic hydroxyl groups is 1. The lowest BCUT2D eigenvalue weighted by Crippen LogP contribution is -2.37. The van der Waals surface area contributed by atoms with Crippen molar-refractivity contribution in [1.29, 1.82) is 0 Å². The summed E-state index contributed by atoms with van der Waals surface area (Å²) in [5, 5.41) is 11.9. The van der Waals surface area contributed by atoms with E-state index in [1.165, 1.54) is 6.54 Å². The van der Waals surface area contributed by atoms with Crippen LogP contribution in [0.5, 0.6) is 0 Å². The minimum atomic E-state index is -1.04. The topological polar surface area (TPSA) is 35.8 Å². The molecule has 1 unspecified atom stereocenters. The van der Waals surface area contributed by atoms with Crippen molar-refractivity contribution in [2.24, 2.45) is 16.8 Å². The summed E-state index contributed by atoms with van der Waals surface area (Å²) in [5.74, 6) is 1.89. The summed E-state index contributed by atoms with van der Waals surface area (Å²) in [4.78, 5) is 7.23. The summed E-state index contributed by atoms with van der Waals surface area (Å²) in [6, 6.07) is 10.1. The smallest absolute Gasteiger partial charge is 0.185 e. The van der Waals surface area contributed by atoms with E-state index in [2.05, 4.69) is 23.7 Å². The number of rotatable bonds is 5. The molecule has 1 atom stereocenters. The Morgan fingerprint density at radius 2 is 2.00 bits per heavy atom. The van der Waals surface area contributed by atoms with Gasteiger partial charge in [-0.15, -0.1) is 11.8 Å². The van der Waals surface area contributed by atoms with E-state index in [1.54, 1.807) is 11.8 Å². The second-order valence-electron chi connectivity index (χ2n) is 7.33. The van der Waals surface area contributed by atoms with Gasteiger partial charge in [-0.1, -0.05) is 50.3 Å². The zero-order valence-corrected chi connectivity index (χ0v) is 15.5. The molecule has 130 valence electrons. The average Bonchev–Trinajstić information content (AvgIpc) is 2.97. The minimum absolute atomic E-state index is 0.526. The van der Waals surface area contributed by atoms with Gasteiger partial charge in [-0.25, -0.2) is 4.99 Å². The Balaban J connectivity index is 1.58. The Hall–Kier alpha value is -1.10. The van der Waals surface area contributed by atoms with E-state index in [0.717, 1.165) is 42.5 Å². The van der Waals surface area contributed by atoms with Crippen molar-refractivity contribution < 1.29 is 5.11 Å². The largest absolute Gasteiger partial charge is 0.365 e. The maximum atomic E-state index is 10.7. The van der Waals surface area contributed by atoms with Crippen LogP contribution in [0.15, 0.2) is 41.4 Å². The molecule has 0 bridgehead atoms. The van der Waals surface area contributed by atoms with Gasteiger partial charge in [-0.2, -0.15) is 0 Å². The third-order valence-electron chi connectivity index (χ3n) is 4.64. The summed E-state index contributed by atoms with van der Waals surface area (Å²) in [7, 11) is 0. The first-order valence-electron chi connectivity index (χ1n) is 8.96. The summed E-state index contributed by atoms with van der Waals surface area (Å²) in [6.45, 7) is 8.06. The van der Waals surface area contributed by atoms with Crippen LogP contribution in [-0.2, 0) is 0 Å². The quantitative estimate of drug-likeness (QED) is 0.880. The molecule has 2 heterocycles. The highest BCUT2D eigenvalue weighted by molar-refractivity contribution is 8.14. The number of likely N-dealkylation sites (tertiary alicyclic amines) is 1. The fourth-order valence-electron chi connectivity index (χ4n) is 3.40. The number of nitrogens with zero attached hydrogens (tertiary/aromatic N) is 2. The predicted molar refractivity (Wildman–Crippen MR) is 104 cm³/mol. The van der Waals surface area contributed by atoms with Gasteiger partial charge in [-0.05, 0) is 43.5 Å². The summed E-state index contributed by atoms with van der Waals surface area (Å²) in [5.41, 5.74) is 0.0619. The molecule has 0 saturated carbocycles. The maximum Gasteiger partial charge on any atom is 0.185 e. The van der Waals surface area contributed by atoms with Gasteiger partial charge >= 0.3 is 0 Å². The lowest BCUT2D eigenvalue weighted by molar-refractivity contribution is 0.130. The molecule has 3 nitrogen and oxygen atoms in total. The minimum Gasteiger partial charge on any atom is -0.365 e. The van der Waals surface area contributed by atoms with E-state index >= 15 is 0 Å². The molecule has 4 heteroatoms. The van der Waals surface area contributed by atoms with E-state index < -0.39 is 5.72 Å². The van der Waals surface area contributed by atoms with Crippen LogP contribution in [0.1, 0.15) is 32.3 Å². The van der Waals surface area contributed by atoms with Gasteiger partial charge < -0.3 is 10.0 Å². The first-order chi connectivity index (χ1) is 11.5. The Morgan fingerprint density at radius 1 is 1.29 bits per heavy atom. The first kappa shape index (κ1) is 17.7. The molecule has 1 aromatic carbocycles. The van der Waals surface area contributed by atoms with Crippen LogP contribution >= 0.6 is 11.8 Å². The zero-order valence-electron chi connectivity index (χ0n) is 14.7. The Kier molecular flexibility index (Phi) is 5.80. The van der Waals surface area contributed by atoms with Crippen molar-refractivity contribution in [2.75, 3.05) is 25.4 Å². The van der Waals surface area contributed by atoms with E-state index in [0.29, 0.717) is 11.7 Å². The van der Waals surface area contributed by atoms with Gasteiger partial charge in [-0.3, -0.25) is 0 Å². The number of hydrogen-bond donors (Lipinski definition) is 1. The van der Waals surface area contributed by atoms with E-state index in [-0.39, 0.29) is 0 Å². The highest BCUT2D eigenvalue weighted by Gasteiger charge is 2.34. The molecule has 1 fully saturated rings. The Bertz CT molecular complexity index is 591. The van der Waals surface area contributed by atoms with Gasteiger partial charge in [0.25, 0.3) is 0 Å². The predicted octanol–water partition coefficient (Wildman–Crippen LogP) is 3.90. The molecule has 1 N–H and O–H groups in total. The average molecular weight is 345 g/mol. The first-order valence-corrected chi connectivity index (χ1v) is 9.94. The third-order valence-corrected chi connectivity index (χ3v) is 5.93. The standard InChI is InChI=1S/C20H28N2OS/c1-16(2)14-22-12-9-18(10-13-22)19-21-20(23,15-24-19)11-8-17-6-4-3-5-7-17/h3-8,11,16,18,23H,9-10,12-15H2,1-2H3. The summed E-state index contributed by atoms with van der Waals surface area (Å²) < 4.78 is 0. The van der Waals surface area contributed by atoms with Crippen LogP contribution in [0.3, 0.4) is 0 Å². The normalized spacial score (nSPS) is 26.4. The van der Waals surface area contributed by atoms with Gasteiger partial charge in [0, 0.05) is 12.5 Å². The Labute approximate surface area is 149 Å². The molecular weight excluding hydrogens is 316 g/mol. The van der Waals surface area contributed by atoms with Gasteiger partial charge in [0.15, 0.2) is 5.72 Å². The fourth-order valence-corrected chi connectivity index (χ4v) is 4.62. The molecule has 1 aromatic rings. The van der Waals surface area contributed by atoms with Crippen LogP contribution in [0.2, 0.25) is 0 Å². The van der Waals surface area contributed by atoms with Gasteiger partial charge in [0.2, 0.25) is 0 Å². The van der Waals surface area contributed by atoms with Crippen molar-refractivity contribution in [3.05, 3.63) is 42.0 Å². The monoisotopic (exact) mass is 344 g/mol. The molecule has 2 aliphatic rings. The molecule has 3 rings (SSSR count). The molecule has 0 spiro atoms. The van der Waals surface area contributed by atoms with Gasteiger partial charge in [0.1, 0.15) is 0 Å². The molecule has 0 aromatic heterocycles. The number of piperidine rings is 1. The highest BCUT2D eigenvalue weighted by atomic mass is 32.2. The summed E-state index contributed by atoms with van der Waals surface area (Å²) in [6.07, 6.45) is 6.14. The van der Waals surface area contributed by atoms with Crippen molar-refractivity contribution in [2.45, 2.75) is 32.4 Å². The number of hydrogen-bond acceptors (Lipinski definition) is 4. The van der Waals surface area contributed by atoms with Crippen LogP contribution in [0.4, 0.5) is 0 Å². The zero-order chi connectivity index (χ0) is 17.0. The molecule has 0 radical (unpaired) electrons. The SMILES string of the molecule is CC(C)CN1CCC(C2=NC(O)(C=Cc3ccccc3)CS2)CC1. The molecule has 0 amide bonds. The van der Waals surface area contributed by atoms with E-state index in [4.69, 9.17) is 0 Å². The van der Waals surface area contributed by atoms with Crippen molar-refractivity contribution in [3.63, 3.8) is 0 Å². The number of benzene rings is 1.